The zero-order valence-electron chi connectivity index (χ0n) is 20.2. The highest BCUT2D eigenvalue weighted by Crippen LogP contribution is 2.30. The fourth-order valence-corrected chi connectivity index (χ4v) is 3.06. The van der Waals surface area contributed by atoms with Gasteiger partial charge in [0.1, 0.15) is 5.82 Å². The lowest BCUT2D eigenvalue weighted by atomic mass is 9.98. The molecule has 0 unspecified atom stereocenters. The van der Waals surface area contributed by atoms with Gasteiger partial charge in [0.2, 0.25) is 5.95 Å². The Balaban J connectivity index is 1.88. The van der Waals surface area contributed by atoms with Crippen molar-refractivity contribution in [2.75, 3.05) is 16.4 Å². The van der Waals surface area contributed by atoms with E-state index in [1.807, 2.05) is 20.8 Å². The molecule has 2 aromatic carbocycles. The first kappa shape index (κ1) is 27.1. The molecule has 37 heavy (non-hydrogen) atoms. The summed E-state index contributed by atoms with van der Waals surface area (Å²) in [6.45, 7) is 5.74. The number of anilines is 3. The first-order valence-electron chi connectivity index (χ1n) is 10.9. The highest BCUT2D eigenvalue weighted by atomic mass is 19.4. The predicted octanol–water partition coefficient (Wildman–Crippen LogP) is 5.66. The van der Waals surface area contributed by atoms with E-state index in [1.165, 1.54) is 24.4 Å². The number of aromatic nitrogens is 2. The fourth-order valence-electron chi connectivity index (χ4n) is 3.06. The second-order valence-corrected chi connectivity index (χ2v) is 8.98. The van der Waals surface area contributed by atoms with Gasteiger partial charge in [0, 0.05) is 29.2 Å². The fraction of sp³-hybridized carbons (Fsp3) is 0.200. The third kappa shape index (κ3) is 7.50. The number of nitrogens with zero attached hydrogens (tertiary/aromatic N) is 2. The number of nitrogens with one attached hydrogen (secondary N) is 4. The maximum atomic E-state index is 14.6. The number of urea groups is 1. The van der Waals surface area contributed by atoms with E-state index < -0.39 is 23.6 Å². The van der Waals surface area contributed by atoms with Crippen molar-refractivity contribution in [1.82, 2.24) is 15.3 Å². The number of nitrogens with two attached hydrogens (primary N) is 1. The molecule has 0 aliphatic carbocycles. The van der Waals surface area contributed by atoms with E-state index >= 15 is 0 Å². The zero-order valence-corrected chi connectivity index (χ0v) is 20.2. The van der Waals surface area contributed by atoms with E-state index in [0.29, 0.717) is 11.1 Å². The van der Waals surface area contributed by atoms with Crippen LogP contribution in [0.2, 0.25) is 0 Å². The van der Waals surface area contributed by atoms with Crippen molar-refractivity contribution in [1.29, 1.82) is 5.41 Å². The predicted molar refractivity (Wildman–Crippen MR) is 135 cm³/mol. The van der Waals surface area contributed by atoms with Crippen molar-refractivity contribution in [3.05, 3.63) is 83.6 Å². The topological polar surface area (TPSA) is 129 Å². The third-order valence-corrected chi connectivity index (χ3v) is 4.84. The molecule has 0 saturated heterocycles. The lowest BCUT2D eigenvalue weighted by molar-refractivity contribution is -0.137. The van der Waals surface area contributed by atoms with E-state index in [1.54, 1.807) is 6.20 Å². The summed E-state index contributed by atoms with van der Waals surface area (Å²) in [5.41, 5.74) is 5.21. The third-order valence-electron chi connectivity index (χ3n) is 4.84. The summed E-state index contributed by atoms with van der Waals surface area (Å²) in [6, 6.07) is 8.34. The van der Waals surface area contributed by atoms with Gasteiger partial charge in [0.15, 0.2) is 0 Å². The molecule has 8 nitrogen and oxygen atoms in total. The van der Waals surface area contributed by atoms with E-state index in [9.17, 15) is 22.4 Å². The van der Waals surface area contributed by atoms with Crippen LogP contribution in [0.1, 0.15) is 37.6 Å². The van der Waals surface area contributed by atoms with Crippen LogP contribution in [-0.2, 0) is 6.18 Å². The van der Waals surface area contributed by atoms with Crippen molar-refractivity contribution >= 4 is 34.6 Å². The summed E-state index contributed by atoms with van der Waals surface area (Å²) in [5.74, 6) is -0.779. The summed E-state index contributed by atoms with van der Waals surface area (Å²) in [4.78, 5) is 20.3. The lowest BCUT2D eigenvalue weighted by Crippen LogP contribution is -2.32. The van der Waals surface area contributed by atoms with Crippen LogP contribution in [0.3, 0.4) is 0 Å². The van der Waals surface area contributed by atoms with Crippen LogP contribution in [0.25, 0.3) is 5.57 Å². The van der Waals surface area contributed by atoms with Crippen LogP contribution in [0, 0.1) is 11.2 Å². The van der Waals surface area contributed by atoms with Crippen LogP contribution < -0.4 is 21.7 Å². The number of hydrogen-bond acceptors (Lipinski definition) is 6. The molecule has 194 valence electrons. The number of hydrogen-bond donors (Lipinski definition) is 5. The Kier molecular flexibility index (Phi) is 7.80. The minimum Gasteiger partial charge on any atom is -0.386 e. The van der Waals surface area contributed by atoms with Crippen molar-refractivity contribution in [3.8, 4) is 0 Å². The van der Waals surface area contributed by atoms with E-state index in [0.717, 1.165) is 30.3 Å². The van der Waals surface area contributed by atoms with Gasteiger partial charge in [-0.15, -0.1) is 0 Å². The molecule has 0 saturated carbocycles. The van der Waals surface area contributed by atoms with Gasteiger partial charge in [-0.2, -0.15) is 13.2 Å². The van der Waals surface area contributed by atoms with Crippen LogP contribution in [0.5, 0.6) is 0 Å². The van der Waals surface area contributed by atoms with Gasteiger partial charge in [-0.25, -0.2) is 19.2 Å². The second kappa shape index (κ2) is 10.6. The molecular formula is C25H25F4N7O. The largest absolute Gasteiger partial charge is 0.416 e. The standard InChI is InChI=1S/C25H25F4N7O/c1-24(2,3)33-13-17(21(30)19-10-11-32-22(31)35-19)14-4-9-18(26)20(12-14)36-23(37)34-16-7-5-15(6-8-16)25(27,28)29/h4-13,30,33H,1-3H3,(H2,31,32,35)(H2,34,36,37)/b17-13-,30-21?. The Hall–Kier alpha value is -4.48. The van der Waals surface area contributed by atoms with E-state index in [4.69, 9.17) is 11.1 Å². The molecule has 0 aliphatic heterocycles. The SMILES string of the molecule is CC(C)(C)N/C=C(\C(=N)c1ccnc(N)n1)c1ccc(F)c(NC(=O)Nc2ccc(C(F)(F)F)cc2)c1. The molecule has 12 heteroatoms. The van der Waals surface area contributed by atoms with Gasteiger partial charge < -0.3 is 21.7 Å². The Labute approximate surface area is 210 Å². The molecule has 1 aromatic heterocycles. The van der Waals surface area contributed by atoms with Gasteiger partial charge in [-0.3, -0.25) is 5.41 Å². The summed E-state index contributed by atoms with van der Waals surface area (Å²) >= 11 is 0. The molecule has 0 aliphatic rings. The van der Waals surface area contributed by atoms with Gasteiger partial charge in [0.25, 0.3) is 0 Å². The molecule has 0 bridgehead atoms. The number of carbonyl (C=O) groups is 1. The van der Waals surface area contributed by atoms with Gasteiger partial charge in [0.05, 0.1) is 22.7 Å². The molecule has 1 heterocycles. The van der Waals surface area contributed by atoms with Crippen LogP contribution in [-0.4, -0.2) is 27.2 Å². The lowest BCUT2D eigenvalue weighted by Gasteiger charge is -2.21. The summed E-state index contributed by atoms with van der Waals surface area (Å²) in [5, 5.41) is 16.5. The molecule has 6 N–H and O–H groups in total. The zero-order chi connectivity index (χ0) is 27.4. The number of halogens is 4. The molecule has 0 fully saturated rings. The van der Waals surface area contributed by atoms with Gasteiger partial charge in [-0.1, -0.05) is 6.07 Å². The van der Waals surface area contributed by atoms with Crippen molar-refractivity contribution < 1.29 is 22.4 Å². The summed E-state index contributed by atoms with van der Waals surface area (Å²) < 4.78 is 52.8. The average Bonchev–Trinajstić information content (AvgIpc) is 2.80. The number of carbonyl (C=O) groups excluding carboxylic acids is 1. The van der Waals surface area contributed by atoms with Crippen LogP contribution in [0.15, 0.2) is 60.9 Å². The first-order chi connectivity index (χ1) is 17.2. The molecule has 3 aromatic rings. The first-order valence-corrected chi connectivity index (χ1v) is 10.9. The molecule has 0 radical (unpaired) electrons. The monoisotopic (exact) mass is 515 g/mol. The average molecular weight is 516 g/mol. The van der Waals surface area contributed by atoms with Gasteiger partial charge >= 0.3 is 12.2 Å². The van der Waals surface area contributed by atoms with E-state index in [-0.39, 0.29) is 34.3 Å². The number of allylic oxidation sites excluding steroid dienone is 1. The second-order valence-electron chi connectivity index (χ2n) is 8.98. The highest BCUT2D eigenvalue weighted by molar-refractivity contribution is 6.29. The Morgan fingerprint density at radius 1 is 1.03 bits per heavy atom. The maximum absolute atomic E-state index is 14.6. The van der Waals surface area contributed by atoms with Crippen molar-refractivity contribution in [2.45, 2.75) is 32.5 Å². The molecule has 0 spiro atoms. The summed E-state index contributed by atoms with van der Waals surface area (Å²) in [6.07, 6.45) is -1.52. The molecular weight excluding hydrogens is 490 g/mol. The summed E-state index contributed by atoms with van der Waals surface area (Å²) in [7, 11) is 0. The number of amides is 2. The smallest absolute Gasteiger partial charge is 0.386 e. The minimum absolute atomic E-state index is 0.0215. The van der Waals surface area contributed by atoms with Gasteiger partial charge in [-0.05, 0) is 68.8 Å². The number of alkyl halides is 3. The van der Waals surface area contributed by atoms with Crippen LogP contribution >= 0.6 is 0 Å². The Morgan fingerprint density at radius 3 is 2.30 bits per heavy atom. The maximum Gasteiger partial charge on any atom is 0.416 e. The molecule has 2 amide bonds. The normalized spacial score (nSPS) is 12.1. The molecule has 0 atom stereocenters. The quantitative estimate of drug-likeness (QED) is 0.214. The Morgan fingerprint density at radius 2 is 1.70 bits per heavy atom. The van der Waals surface area contributed by atoms with Crippen LogP contribution in [0.4, 0.5) is 39.7 Å². The molecule has 3 rings (SSSR count). The van der Waals surface area contributed by atoms with Crippen molar-refractivity contribution in [3.63, 3.8) is 0 Å². The minimum atomic E-state index is -4.51. The number of rotatable bonds is 6. The van der Waals surface area contributed by atoms with E-state index in [2.05, 4.69) is 25.9 Å². The number of nitrogen functional groups attached to an aromatic ring is 1. The highest BCUT2D eigenvalue weighted by Gasteiger charge is 2.30. The number of benzene rings is 2. The van der Waals surface area contributed by atoms with Crippen molar-refractivity contribution in [2.24, 2.45) is 0 Å². The Bertz CT molecular complexity index is 1330.